The topological polar surface area (TPSA) is 87.3 Å². The quantitative estimate of drug-likeness (QED) is 0.441. The lowest BCUT2D eigenvalue weighted by Crippen LogP contribution is -2.18. The molecular formula is C17H13N3O3. The van der Waals surface area contributed by atoms with E-state index >= 15 is 0 Å². The molecule has 114 valence electrons. The predicted octanol–water partition coefficient (Wildman–Crippen LogP) is 2.67. The van der Waals surface area contributed by atoms with Crippen molar-refractivity contribution in [3.05, 3.63) is 65.9 Å². The molecule has 0 unspecified atom stereocenters. The summed E-state index contributed by atoms with van der Waals surface area (Å²) in [6, 6.07) is 14.4. The van der Waals surface area contributed by atoms with Gasteiger partial charge < -0.3 is 9.30 Å². The van der Waals surface area contributed by atoms with Gasteiger partial charge in [0.05, 0.1) is 0 Å². The number of ether oxygens (including phenoxy) is 1. The Balaban J connectivity index is 1.90. The molecule has 6 heteroatoms. The van der Waals surface area contributed by atoms with E-state index in [2.05, 4.69) is 0 Å². The summed E-state index contributed by atoms with van der Waals surface area (Å²) in [4.78, 5) is 11.5. The minimum absolute atomic E-state index is 0.387. The molecule has 0 bridgehead atoms. The Morgan fingerprint density at radius 1 is 1.22 bits per heavy atom. The summed E-state index contributed by atoms with van der Waals surface area (Å²) in [5, 5.41) is 18.2. The Kier molecular flexibility index (Phi) is 3.95. The number of hydrogen-bond donors (Lipinski definition) is 2. The molecule has 0 fully saturated rings. The second kappa shape index (κ2) is 6.22. The molecule has 0 saturated carbocycles. The summed E-state index contributed by atoms with van der Waals surface area (Å²) >= 11 is 0. The molecule has 0 aliphatic heterocycles. The number of rotatable bonds is 4. The van der Waals surface area contributed by atoms with Gasteiger partial charge in [-0.3, -0.25) is 10.0 Å². The van der Waals surface area contributed by atoms with Gasteiger partial charge in [-0.2, -0.15) is 0 Å². The fraction of sp³-hybridized carbons (Fsp3) is 0.0588. The number of carbonyl (C=O) groups excluding carboxylic acids is 1. The van der Waals surface area contributed by atoms with Gasteiger partial charge in [0, 0.05) is 23.8 Å². The van der Waals surface area contributed by atoms with E-state index in [1.807, 2.05) is 35.0 Å². The number of amides is 1. The maximum absolute atomic E-state index is 11.5. The number of nitrogens with zero attached hydrogens (tertiary/aromatic N) is 2. The summed E-state index contributed by atoms with van der Waals surface area (Å²) < 4.78 is 6.75. The largest absolute Gasteiger partial charge is 0.388 e. The fourth-order valence-corrected chi connectivity index (χ4v) is 2.44. The second-order valence-electron chi connectivity index (χ2n) is 5.00. The molecule has 0 saturated heterocycles. The fourth-order valence-electron chi connectivity index (χ4n) is 2.44. The second-order valence-corrected chi connectivity index (χ2v) is 5.00. The van der Waals surface area contributed by atoms with Crippen molar-refractivity contribution in [2.24, 2.45) is 0 Å². The molecule has 6 nitrogen and oxygen atoms in total. The van der Waals surface area contributed by atoms with Crippen LogP contribution in [-0.2, 0) is 6.54 Å². The molecule has 1 amide bonds. The van der Waals surface area contributed by atoms with Crippen LogP contribution in [0.1, 0.15) is 15.9 Å². The van der Waals surface area contributed by atoms with E-state index in [1.54, 1.807) is 36.0 Å². The number of aromatic nitrogens is 1. The van der Waals surface area contributed by atoms with Crippen molar-refractivity contribution in [3.8, 4) is 12.0 Å². The third-order valence-electron chi connectivity index (χ3n) is 3.58. The van der Waals surface area contributed by atoms with Crippen LogP contribution < -0.4 is 10.2 Å². The standard InChI is InChI=1S/C17H13N3O3/c18-11-23-15-5-1-12(2-6-15)10-20-8-7-13-3-4-14(9-16(13)20)17(21)19-22/h1-9,22H,10H2,(H,19,21). The molecule has 1 aromatic heterocycles. The molecule has 3 aromatic rings. The summed E-state index contributed by atoms with van der Waals surface area (Å²) in [6.07, 6.45) is 3.57. The van der Waals surface area contributed by atoms with Crippen LogP contribution in [-0.4, -0.2) is 15.7 Å². The van der Waals surface area contributed by atoms with Crippen molar-refractivity contribution in [2.75, 3.05) is 0 Å². The Morgan fingerprint density at radius 2 is 2.00 bits per heavy atom. The Hall–Kier alpha value is -3.30. The van der Waals surface area contributed by atoms with Crippen LogP contribution in [0.2, 0.25) is 0 Å². The first-order chi connectivity index (χ1) is 11.2. The van der Waals surface area contributed by atoms with E-state index in [0.29, 0.717) is 17.9 Å². The van der Waals surface area contributed by atoms with Gasteiger partial charge >= 0.3 is 0 Å². The predicted molar refractivity (Wildman–Crippen MR) is 83.0 cm³/mol. The molecule has 0 spiro atoms. The molecule has 2 N–H and O–H groups in total. The summed E-state index contributed by atoms with van der Waals surface area (Å²) in [6.45, 7) is 0.612. The monoisotopic (exact) mass is 307 g/mol. The molecule has 2 aromatic carbocycles. The van der Waals surface area contributed by atoms with Crippen LogP contribution in [0.4, 0.5) is 0 Å². The molecule has 23 heavy (non-hydrogen) atoms. The van der Waals surface area contributed by atoms with Crippen molar-refractivity contribution >= 4 is 16.8 Å². The van der Waals surface area contributed by atoms with Gasteiger partial charge in [0.1, 0.15) is 5.75 Å². The van der Waals surface area contributed by atoms with Gasteiger partial charge in [0.2, 0.25) is 0 Å². The van der Waals surface area contributed by atoms with E-state index in [4.69, 9.17) is 15.2 Å². The lowest BCUT2D eigenvalue weighted by Gasteiger charge is -2.07. The molecule has 3 rings (SSSR count). The van der Waals surface area contributed by atoms with E-state index in [1.165, 1.54) is 0 Å². The van der Waals surface area contributed by atoms with Crippen molar-refractivity contribution in [1.29, 1.82) is 5.26 Å². The summed E-state index contributed by atoms with van der Waals surface area (Å²) in [5.41, 5.74) is 3.95. The minimum atomic E-state index is -0.544. The van der Waals surface area contributed by atoms with Crippen LogP contribution in [0, 0.1) is 11.5 Å². The molecule has 0 aliphatic rings. The van der Waals surface area contributed by atoms with Crippen molar-refractivity contribution in [2.45, 2.75) is 6.54 Å². The van der Waals surface area contributed by atoms with E-state index < -0.39 is 5.91 Å². The van der Waals surface area contributed by atoms with Crippen molar-refractivity contribution in [3.63, 3.8) is 0 Å². The number of carbonyl (C=O) groups is 1. The summed E-state index contributed by atoms with van der Waals surface area (Å²) in [7, 11) is 0. The highest BCUT2D eigenvalue weighted by atomic mass is 16.5. The molecule has 1 heterocycles. The van der Waals surface area contributed by atoms with E-state index in [9.17, 15) is 4.79 Å². The van der Waals surface area contributed by atoms with Gasteiger partial charge in [-0.1, -0.05) is 18.2 Å². The normalized spacial score (nSPS) is 10.3. The first-order valence-corrected chi connectivity index (χ1v) is 6.89. The average Bonchev–Trinajstić information content (AvgIpc) is 2.98. The van der Waals surface area contributed by atoms with E-state index in [-0.39, 0.29) is 0 Å². The molecular weight excluding hydrogens is 294 g/mol. The lowest BCUT2D eigenvalue weighted by atomic mass is 10.1. The summed E-state index contributed by atoms with van der Waals surface area (Å²) in [5.74, 6) is -0.0480. The zero-order valence-corrected chi connectivity index (χ0v) is 12.1. The van der Waals surface area contributed by atoms with Crippen molar-refractivity contribution < 1.29 is 14.7 Å². The molecule has 0 atom stereocenters. The highest BCUT2D eigenvalue weighted by Crippen LogP contribution is 2.20. The third kappa shape index (κ3) is 3.00. The Bertz CT molecular complexity index is 892. The van der Waals surface area contributed by atoms with Gasteiger partial charge in [-0.05, 0) is 41.3 Å². The lowest BCUT2D eigenvalue weighted by molar-refractivity contribution is 0.0706. The first kappa shape index (κ1) is 14.6. The zero-order chi connectivity index (χ0) is 16.2. The van der Waals surface area contributed by atoms with Gasteiger partial charge in [0.15, 0.2) is 0 Å². The first-order valence-electron chi connectivity index (χ1n) is 6.89. The maximum Gasteiger partial charge on any atom is 0.292 e. The van der Waals surface area contributed by atoms with Crippen LogP contribution in [0.15, 0.2) is 54.7 Å². The number of benzene rings is 2. The number of hydroxylamine groups is 1. The maximum atomic E-state index is 11.5. The van der Waals surface area contributed by atoms with Crippen LogP contribution in [0.3, 0.4) is 0 Å². The Labute approximate surface area is 132 Å². The van der Waals surface area contributed by atoms with Crippen LogP contribution >= 0.6 is 0 Å². The highest BCUT2D eigenvalue weighted by molar-refractivity contribution is 5.97. The van der Waals surface area contributed by atoms with Crippen LogP contribution in [0.25, 0.3) is 10.9 Å². The average molecular weight is 307 g/mol. The third-order valence-corrected chi connectivity index (χ3v) is 3.58. The van der Waals surface area contributed by atoms with Gasteiger partial charge in [-0.15, -0.1) is 5.26 Å². The van der Waals surface area contributed by atoms with E-state index in [0.717, 1.165) is 16.5 Å². The smallest absolute Gasteiger partial charge is 0.292 e. The number of nitriles is 1. The van der Waals surface area contributed by atoms with Gasteiger partial charge in [-0.25, -0.2) is 5.48 Å². The molecule has 0 radical (unpaired) electrons. The van der Waals surface area contributed by atoms with Crippen molar-refractivity contribution in [1.82, 2.24) is 10.0 Å². The number of nitrogens with one attached hydrogen (secondary N) is 1. The SMILES string of the molecule is N#COc1ccc(Cn2ccc3ccc(C(=O)NO)cc32)cc1. The number of hydrogen-bond acceptors (Lipinski definition) is 4. The number of fused-ring (bicyclic) bond motifs is 1. The van der Waals surface area contributed by atoms with Gasteiger partial charge in [0.25, 0.3) is 12.2 Å². The Morgan fingerprint density at radius 3 is 2.70 bits per heavy atom. The highest BCUT2D eigenvalue weighted by Gasteiger charge is 2.08. The minimum Gasteiger partial charge on any atom is -0.388 e. The van der Waals surface area contributed by atoms with Crippen LogP contribution in [0.5, 0.6) is 5.75 Å². The molecule has 0 aliphatic carbocycles. The zero-order valence-electron chi connectivity index (χ0n) is 12.1.